The summed E-state index contributed by atoms with van der Waals surface area (Å²) in [5, 5.41) is 11.8. The van der Waals surface area contributed by atoms with Crippen LogP contribution in [-0.2, 0) is 20.8 Å². The largest absolute Gasteiger partial charge is 0.416 e. The minimum atomic E-state index is -4.70. The molecule has 0 spiro atoms. The lowest BCUT2D eigenvalue weighted by molar-refractivity contribution is -0.137. The van der Waals surface area contributed by atoms with Crippen LogP contribution in [0, 0.1) is 17.7 Å². The average molecular weight is 555 g/mol. The standard InChI is InChI=1S/C26H26F4N2O5S/c27-20-13-17(26(28,29)30)6-7-19(20)23(14-4-5-14)31-24(34)22-12-16-11-21(16)32(22)25(35)15-2-1-3-18(10-15)38(36,37)9-8-33/h1-3,6-7,10,13-14,16,21-23,33H,4-5,8-9,11-12H2,(H,31,34)/t16-,21-,22-,23?/m1/s1. The number of carbonyl (C=O) groups excluding carboxylic acids is 2. The summed E-state index contributed by atoms with van der Waals surface area (Å²) in [6.45, 7) is -0.569. The van der Waals surface area contributed by atoms with Gasteiger partial charge in [0.25, 0.3) is 5.91 Å². The van der Waals surface area contributed by atoms with Crippen molar-refractivity contribution < 1.29 is 40.7 Å². The van der Waals surface area contributed by atoms with Crippen molar-refractivity contribution in [2.75, 3.05) is 12.4 Å². The Kier molecular flexibility index (Phi) is 6.75. The zero-order valence-electron chi connectivity index (χ0n) is 20.1. The Hall–Kier alpha value is -2.99. The van der Waals surface area contributed by atoms with Gasteiger partial charge >= 0.3 is 6.18 Å². The van der Waals surface area contributed by atoms with Crippen LogP contribution in [0.2, 0.25) is 0 Å². The molecule has 2 amide bonds. The van der Waals surface area contributed by atoms with Crippen molar-refractivity contribution >= 4 is 21.7 Å². The van der Waals surface area contributed by atoms with Crippen LogP contribution in [0.5, 0.6) is 0 Å². The summed E-state index contributed by atoms with van der Waals surface area (Å²) in [7, 11) is -3.79. The second-order valence-corrected chi connectivity index (χ2v) is 12.3. The first-order valence-corrected chi connectivity index (χ1v) is 14.0. The van der Waals surface area contributed by atoms with Crippen LogP contribution < -0.4 is 5.32 Å². The molecule has 3 fully saturated rings. The fourth-order valence-corrected chi connectivity index (χ4v) is 6.34. The molecule has 1 unspecified atom stereocenters. The van der Waals surface area contributed by atoms with Gasteiger partial charge in [-0.25, -0.2) is 12.8 Å². The number of carbonyl (C=O) groups is 2. The second kappa shape index (κ2) is 9.64. The van der Waals surface area contributed by atoms with E-state index in [4.69, 9.17) is 5.11 Å². The third-order valence-corrected chi connectivity index (χ3v) is 9.19. The van der Waals surface area contributed by atoms with Gasteiger partial charge in [-0.2, -0.15) is 13.2 Å². The van der Waals surface area contributed by atoms with Crippen molar-refractivity contribution in [1.29, 1.82) is 0 Å². The molecule has 204 valence electrons. The van der Waals surface area contributed by atoms with Crippen LogP contribution in [0.25, 0.3) is 0 Å². The zero-order valence-corrected chi connectivity index (χ0v) is 20.9. The molecule has 2 aliphatic carbocycles. The molecule has 0 bridgehead atoms. The number of likely N-dealkylation sites (tertiary alicyclic amines) is 1. The van der Waals surface area contributed by atoms with Gasteiger partial charge in [-0.3, -0.25) is 9.59 Å². The molecule has 3 aliphatic rings. The molecule has 0 aromatic heterocycles. The molecule has 4 atom stereocenters. The molecule has 1 saturated heterocycles. The number of aliphatic hydroxyl groups excluding tert-OH is 1. The molecule has 0 radical (unpaired) electrons. The van der Waals surface area contributed by atoms with E-state index in [0.29, 0.717) is 31.7 Å². The number of hydrogen-bond acceptors (Lipinski definition) is 5. The van der Waals surface area contributed by atoms with Gasteiger partial charge < -0.3 is 15.3 Å². The van der Waals surface area contributed by atoms with E-state index in [1.807, 2.05) is 0 Å². The Bertz CT molecular complexity index is 1380. The summed E-state index contributed by atoms with van der Waals surface area (Å²) in [4.78, 5) is 28.2. The number of rotatable bonds is 8. The van der Waals surface area contributed by atoms with Crippen molar-refractivity contribution in [2.45, 2.75) is 54.9 Å². The lowest BCUT2D eigenvalue weighted by atomic mass is 9.99. The molecule has 2 aromatic rings. The minimum Gasteiger partial charge on any atom is -0.395 e. The van der Waals surface area contributed by atoms with Gasteiger partial charge in [-0.05, 0) is 67.9 Å². The maximum Gasteiger partial charge on any atom is 0.416 e. The number of sulfone groups is 1. The highest BCUT2D eigenvalue weighted by molar-refractivity contribution is 7.91. The first-order chi connectivity index (χ1) is 17.9. The van der Waals surface area contributed by atoms with E-state index in [0.717, 1.165) is 12.1 Å². The van der Waals surface area contributed by atoms with Gasteiger partial charge in [0.2, 0.25) is 5.91 Å². The maximum absolute atomic E-state index is 14.8. The predicted octanol–water partition coefficient (Wildman–Crippen LogP) is 3.48. The summed E-state index contributed by atoms with van der Waals surface area (Å²) in [5.41, 5.74) is -1.06. The molecule has 1 heterocycles. The smallest absolute Gasteiger partial charge is 0.395 e. The minimum absolute atomic E-state index is 0.0309. The van der Waals surface area contributed by atoms with Crippen LogP contribution in [0.3, 0.4) is 0 Å². The van der Waals surface area contributed by atoms with Crippen molar-refractivity contribution in [2.24, 2.45) is 11.8 Å². The highest BCUT2D eigenvalue weighted by Crippen LogP contribution is 2.49. The van der Waals surface area contributed by atoms with Crippen LogP contribution in [0.15, 0.2) is 47.4 Å². The quantitative estimate of drug-likeness (QED) is 0.487. The summed E-state index contributed by atoms with van der Waals surface area (Å²) in [5.74, 6) is -2.60. The number of piperidine rings is 1. The van der Waals surface area contributed by atoms with Gasteiger partial charge in [0.05, 0.1) is 28.9 Å². The van der Waals surface area contributed by atoms with Crippen molar-refractivity contribution in [3.05, 3.63) is 65.0 Å². The number of benzene rings is 2. The molecular weight excluding hydrogens is 528 g/mol. The molecule has 2 saturated carbocycles. The Morgan fingerprint density at radius 3 is 2.47 bits per heavy atom. The van der Waals surface area contributed by atoms with Gasteiger partial charge in [0, 0.05) is 17.2 Å². The molecule has 2 N–H and O–H groups in total. The number of halogens is 4. The molecule has 5 rings (SSSR count). The van der Waals surface area contributed by atoms with Gasteiger partial charge in [-0.1, -0.05) is 12.1 Å². The first kappa shape index (κ1) is 26.6. The van der Waals surface area contributed by atoms with Crippen molar-refractivity contribution in [3.8, 4) is 0 Å². The lowest BCUT2D eigenvalue weighted by Gasteiger charge is -2.29. The number of amides is 2. The van der Waals surface area contributed by atoms with E-state index in [1.54, 1.807) is 0 Å². The van der Waals surface area contributed by atoms with Crippen LogP contribution in [0.4, 0.5) is 17.6 Å². The van der Waals surface area contributed by atoms with E-state index >= 15 is 0 Å². The van der Waals surface area contributed by atoms with Gasteiger partial charge in [0.1, 0.15) is 11.9 Å². The number of nitrogens with one attached hydrogen (secondary N) is 1. The van der Waals surface area contributed by atoms with E-state index in [2.05, 4.69) is 5.32 Å². The van der Waals surface area contributed by atoms with Crippen LogP contribution in [-0.4, -0.2) is 54.7 Å². The number of alkyl halides is 3. The first-order valence-electron chi connectivity index (χ1n) is 12.3. The monoisotopic (exact) mass is 554 g/mol. The maximum atomic E-state index is 14.8. The predicted molar refractivity (Wildman–Crippen MR) is 127 cm³/mol. The highest BCUT2D eigenvalue weighted by atomic mass is 32.2. The third kappa shape index (κ3) is 5.15. The van der Waals surface area contributed by atoms with Gasteiger partial charge in [-0.15, -0.1) is 0 Å². The summed E-state index contributed by atoms with van der Waals surface area (Å²) in [6, 6.07) is 5.81. The topological polar surface area (TPSA) is 104 Å². The molecule has 38 heavy (non-hydrogen) atoms. The number of nitrogens with zero attached hydrogens (tertiary/aromatic N) is 1. The fraction of sp³-hybridized carbons (Fsp3) is 0.462. The molecule has 12 heteroatoms. The third-order valence-electron chi connectivity index (χ3n) is 7.50. The highest BCUT2D eigenvalue weighted by Gasteiger charge is 2.56. The molecule has 2 aromatic carbocycles. The summed E-state index contributed by atoms with van der Waals surface area (Å²) < 4.78 is 78.5. The van der Waals surface area contributed by atoms with Crippen LogP contribution >= 0.6 is 0 Å². The molecular formula is C26H26F4N2O5S. The Balaban J connectivity index is 1.37. The zero-order chi connectivity index (χ0) is 27.4. The van der Waals surface area contributed by atoms with Crippen molar-refractivity contribution in [1.82, 2.24) is 10.2 Å². The Morgan fingerprint density at radius 1 is 1.11 bits per heavy atom. The van der Waals surface area contributed by atoms with E-state index in [-0.39, 0.29) is 33.9 Å². The van der Waals surface area contributed by atoms with Crippen molar-refractivity contribution in [3.63, 3.8) is 0 Å². The van der Waals surface area contributed by atoms with E-state index in [9.17, 15) is 35.6 Å². The average Bonchev–Trinajstić information content (AvgIpc) is 3.79. The SMILES string of the molecule is O=C(NC(c1ccc(C(F)(F)F)cc1F)C1CC1)[C@H]1C[C@H]2C[C@H]2N1C(=O)c1cccc(S(=O)(=O)CCO)c1. The number of aliphatic hydroxyl groups is 1. The van der Waals surface area contributed by atoms with E-state index in [1.165, 1.54) is 29.2 Å². The molecule has 7 nitrogen and oxygen atoms in total. The van der Waals surface area contributed by atoms with E-state index < -0.39 is 63.7 Å². The Morgan fingerprint density at radius 2 is 1.84 bits per heavy atom. The fourth-order valence-electron chi connectivity index (χ4n) is 5.28. The normalized spacial score (nSPS) is 23.6. The molecule has 1 aliphatic heterocycles. The summed E-state index contributed by atoms with van der Waals surface area (Å²) >= 11 is 0. The summed E-state index contributed by atoms with van der Waals surface area (Å²) in [6.07, 6.45) is -2.24. The van der Waals surface area contributed by atoms with Crippen LogP contribution in [0.1, 0.15) is 53.2 Å². The van der Waals surface area contributed by atoms with Gasteiger partial charge in [0.15, 0.2) is 9.84 Å². The second-order valence-electron chi connectivity index (χ2n) is 10.2. The number of fused-ring (bicyclic) bond motifs is 1. The number of hydrogen-bond donors (Lipinski definition) is 2. The Labute approximate surface area is 216 Å². The lowest BCUT2D eigenvalue weighted by Crippen LogP contribution is -2.49.